The predicted octanol–water partition coefficient (Wildman–Crippen LogP) is 4.65. The molecule has 0 atom stereocenters. The minimum atomic E-state index is -4.34. The largest absolute Gasteiger partial charge is 0.468 e. The zero-order valence-electron chi connectivity index (χ0n) is 12.4. The van der Waals surface area contributed by atoms with Crippen LogP contribution in [0.2, 0.25) is 0 Å². The molecule has 0 saturated heterocycles. The Morgan fingerprint density at radius 2 is 1.63 bits per heavy atom. The zero-order chi connectivity index (χ0) is 15.3. The summed E-state index contributed by atoms with van der Waals surface area (Å²) in [7, 11) is 0. The molecule has 1 rings (SSSR count). The van der Waals surface area contributed by atoms with Crippen LogP contribution < -0.4 is 4.74 Å². The number of alkyl halides is 3. The summed E-state index contributed by atoms with van der Waals surface area (Å²) >= 11 is 0. The van der Waals surface area contributed by atoms with Crippen molar-refractivity contribution in [3.05, 3.63) is 23.4 Å². The molecule has 0 aromatic carbocycles. The molecular formula is C14H22F3NO. The second kappa shape index (κ2) is 6.78. The molecule has 0 aliphatic heterocycles. The quantitative estimate of drug-likeness (QED) is 0.784. The first kappa shape index (κ1) is 17.7. The molecule has 0 saturated carbocycles. The molecule has 19 heavy (non-hydrogen) atoms. The van der Waals surface area contributed by atoms with Crippen molar-refractivity contribution in [2.75, 3.05) is 6.61 Å². The monoisotopic (exact) mass is 277 g/mol. The zero-order valence-corrected chi connectivity index (χ0v) is 12.4. The Morgan fingerprint density at radius 1 is 1.11 bits per heavy atom. The number of aromatic nitrogens is 1. The standard InChI is InChI=1S/C12H16F3NO.C2H6/c1-8-5-9(11(2,3)4)16-10(6-8)17-7-12(13,14)15;1-2/h5-6H,7H2,1-4H3;1-2H3. The van der Waals surface area contributed by atoms with Gasteiger partial charge < -0.3 is 4.74 Å². The molecule has 1 aromatic rings. The van der Waals surface area contributed by atoms with Gasteiger partial charge in [-0.05, 0) is 18.6 Å². The summed E-state index contributed by atoms with van der Waals surface area (Å²) < 4.78 is 40.7. The van der Waals surface area contributed by atoms with E-state index in [0.29, 0.717) is 0 Å². The fourth-order valence-electron chi connectivity index (χ4n) is 1.25. The normalized spacial score (nSPS) is 11.6. The maximum atomic E-state index is 12.0. The molecule has 0 N–H and O–H groups in total. The Hall–Kier alpha value is -1.26. The van der Waals surface area contributed by atoms with Crippen LogP contribution in [0, 0.1) is 6.92 Å². The Morgan fingerprint density at radius 3 is 2.05 bits per heavy atom. The minimum absolute atomic E-state index is 0.0206. The summed E-state index contributed by atoms with van der Waals surface area (Å²) in [6, 6.07) is 3.35. The lowest BCUT2D eigenvalue weighted by Crippen LogP contribution is -2.21. The van der Waals surface area contributed by atoms with Crippen LogP contribution in [-0.2, 0) is 5.41 Å². The molecule has 0 aliphatic carbocycles. The van der Waals surface area contributed by atoms with Gasteiger partial charge in [-0.1, -0.05) is 34.6 Å². The highest BCUT2D eigenvalue weighted by Gasteiger charge is 2.29. The van der Waals surface area contributed by atoms with E-state index in [1.807, 2.05) is 40.7 Å². The van der Waals surface area contributed by atoms with Crippen molar-refractivity contribution in [1.29, 1.82) is 0 Å². The van der Waals surface area contributed by atoms with E-state index in [1.54, 1.807) is 6.92 Å². The molecule has 5 heteroatoms. The van der Waals surface area contributed by atoms with Crippen LogP contribution in [0.15, 0.2) is 12.1 Å². The fraction of sp³-hybridized carbons (Fsp3) is 0.643. The van der Waals surface area contributed by atoms with Crippen molar-refractivity contribution >= 4 is 0 Å². The summed E-state index contributed by atoms with van der Waals surface area (Å²) in [5.41, 5.74) is 1.33. The number of halogens is 3. The first-order chi connectivity index (χ1) is 8.58. The first-order valence-corrected chi connectivity index (χ1v) is 6.27. The molecule has 0 amide bonds. The number of pyridine rings is 1. The average molecular weight is 277 g/mol. The molecule has 0 radical (unpaired) electrons. The lowest BCUT2D eigenvalue weighted by Gasteiger charge is -2.19. The van der Waals surface area contributed by atoms with Crippen LogP contribution in [0.1, 0.15) is 45.9 Å². The lowest BCUT2D eigenvalue weighted by molar-refractivity contribution is -0.154. The predicted molar refractivity (Wildman–Crippen MR) is 70.6 cm³/mol. The van der Waals surface area contributed by atoms with E-state index in [4.69, 9.17) is 0 Å². The van der Waals surface area contributed by atoms with Crippen molar-refractivity contribution in [2.24, 2.45) is 0 Å². The van der Waals surface area contributed by atoms with Crippen molar-refractivity contribution in [3.8, 4) is 5.88 Å². The van der Waals surface area contributed by atoms with E-state index in [1.165, 1.54) is 6.07 Å². The molecule has 1 aromatic heterocycles. The van der Waals surface area contributed by atoms with Gasteiger partial charge in [-0.3, -0.25) is 0 Å². The summed E-state index contributed by atoms with van der Waals surface area (Å²) in [5.74, 6) is 0.0206. The summed E-state index contributed by atoms with van der Waals surface area (Å²) in [6.45, 7) is 10.3. The van der Waals surface area contributed by atoms with Crippen LogP contribution >= 0.6 is 0 Å². The van der Waals surface area contributed by atoms with Gasteiger partial charge in [0.1, 0.15) is 0 Å². The number of hydrogen-bond donors (Lipinski definition) is 0. The van der Waals surface area contributed by atoms with E-state index in [-0.39, 0.29) is 11.3 Å². The highest BCUT2D eigenvalue weighted by atomic mass is 19.4. The number of aryl methyl sites for hydroxylation is 1. The SMILES string of the molecule is CC.Cc1cc(OCC(F)(F)F)nc(C(C)(C)C)c1. The topological polar surface area (TPSA) is 22.1 Å². The maximum absolute atomic E-state index is 12.0. The van der Waals surface area contributed by atoms with Crippen LogP contribution in [0.3, 0.4) is 0 Å². The van der Waals surface area contributed by atoms with Crippen LogP contribution in [-0.4, -0.2) is 17.8 Å². The molecule has 0 fully saturated rings. The van der Waals surface area contributed by atoms with E-state index < -0.39 is 12.8 Å². The van der Waals surface area contributed by atoms with E-state index in [9.17, 15) is 13.2 Å². The Labute approximate surface area is 113 Å². The van der Waals surface area contributed by atoms with Crippen LogP contribution in [0.5, 0.6) is 5.88 Å². The number of rotatable bonds is 2. The molecule has 110 valence electrons. The van der Waals surface area contributed by atoms with Crippen molar-refractivity contribution in [2.45, 2.75) is 53.1 Å². The highest BCUT2D eigenvalue weighted by molar-refractivity contribution is 5.27. The number of hydrogen-bond acceptors (Lipinski definition) is 2. The van der Waals surface area contributed by atoms with Crippen LogP contribution in [0.4, 0.5) is 13.2 Å². The molecular weight excluding hydrogens is 255 g/mol. The second-order valence-corrected chi connectivity index (χ2v) is 5.02. The maximum Gasteiger partial charge on any atom is 0.422 e. The third-order valence-corrected chi connectivity index (χ3v) is 2.10. The van der Waals surface area contributed by atoms with E-state index >= 15 is 0 Å². The summed E-state index contributed by atoms with van der Waals surface area (Å²) in [6.07, 6.45) is -4.34. The second-order valence-electron chi connectivity index (χ2n) is 5.02. The van der Waals surface area contributed by atoms with E-state index in [0.717, 1.165) is 11.3 Å². The first-order valence-electron chi connectivity index (χ1n) is 6.27. The van der Waals surface area contributed by atoms with Gasteiger partial charge in [0.2, 0.25) is 5.88 Å². The average Bonchev–Trinajstić information content (AvgIpc) is 2.26. The van der Waals surface area contributed by atoms with Crippen molar-refractivity contribution in [1.82, 2.24) is 4.98 Å². The Bertz CT molecular complexity index is 395. The fourth-order valence-corrected chi connectivity index (χ4v) is 1.25. The van der Waals surface area contributed by atoms with Gasteiger partial charge in [0.05, 0.1) is 5.69 Å². The van der Waals surface area contributed by atoms with Gasteiger partial charge in [-0.15, -0.1) is 0 Å². The molecule has 2 nitrogen and oxygen atoms in total. The highest BCUT2D eigenvalue weighted by Crippen LogP contribution is 2.25. The third-order valence-electron chi connectivity index (χ3n) is 2.10. The van der Waals surface area contributed by atoms with Gasteiger partial charge in [0.15, 0.2) is 6.61 Å². The Kier molecular flexibility index (Phi) is 6.33. The smallest absolute Gasteiger partial charge is 0.422 e. The van der Waals surface area contributed by atoms with Gasteiger partial charge in [0.25, 0.3) is 0 Å². The molecule has 0 bridgehead atoms. The molecule has 1 heterocycles. The third kappa shape index (κ3) is 7.03. The van der Waals surface area contributed by atoms with Crippen molar-refractivity contribution < 1.29 is 17.9 Å². The van der Waals surface area contributed by atoms with E-state index in [2.05, 4.69) is 9.72 Å². The Balaban J connectivity index is 0.00000154. The van der Waals surface area contributed by atoms with Crippen LogP contribution in [0.25, 0.3) is 0 Å². The number of ether oxygens (including phenoxy) is 1. The minimum Gasteiger partial charge on any atom is -0.468 e. The van der Waals surface area contributed by atoms with Gasteiger partial charge in [0, 0.05) is 11.5 Å². The van der Waals surface area contributed by atoms with Gasteiger partial charge in [-0.25, -0.2) is 4.98 Å². The lowest BCUT2D eigenvalue weighted by atomic mass is 9.91. The number of nitrogens with zero attached hydrogens (tertiary/aromatic N) is 1. The van der Waals surface area contributed by atoms with Gasteiger partial charge >= 0.3 is 6.18 Å². The van der Waals surface area contributed by atoms with Crippen molar-refractivity contribution in [3.63, 3.8) is 0 Å². The molecule has 0 unspecified atom stereocenters. The molecule has 0 aliphatic rings. The molecule has 0 spiro atoms. The van der Waals surface area contributed by atoms with Gasteiger partial charge in [-0.2, -0.15) is 13.2 Å². The summed E-state index contributed by atoms with van der Waals surface area (Å²) in [5, 5.41) is 0. The summed E-state index contributed by atoms with van der Waals surface area (Å²) in [4.78, 5) is 4.09.